The second-order valence-corrected chi connectivity index (χ2v) is 6.04. The number of anilines is 1. The van der Waals surface area contributed by atoms with Crippen LogP contribution in [-0.4, -0.2) is 38.2 Å². The van der Waals surface area contributed by atoms with E-state index in [1.54, 1.807) is 12.1 Å². The molecule has 1 N–H and O–H groups in total. The standard InChI is InChI=1S/C20H22N2O4/c1-3-21-19(23)18-13-22(16-6-4-5-7-17(16)26-18)12-14-8-10-15(11-9-14)20(24)25-2/h4-11,18H,3,12-13H2,1-2H3,(H,21,23)/t18-/m1/s1. The summed E-state index contributed by atoms with van der Waals surface area (Å²) < 4.78 is 10.6. The summed E-state index contributed by atoms with van der Waals surface area (Å²) in [6, 6.07) is 15.0. The van der Waals surface area contributed by atoms with E-state index in [1.165, 1.54) is 7.11 Å². The molecule has 6 heteroatoms. The molecule has 0 saturated carbocycles. The molecule has 2 aromatic carbocycles. The Morgan fingerprint density at radius 2 is 1.92 bits per heavy atom. The summed E-state index contributed by atoms with van der Waals surface area (Å²) in [7, 11) is 1.36. The number of fused-ring (bicyclic) bond motifs is 1. The van der Waals surface area contributed by atoms with E-state index in [4.69, 9.17) is 9.47 Å². The number of benzene rings is 2. The van der Waals surface area contributed by atoms with Crippen molar-refractivity contribution in [3.05, 3.63) is 59.7 Å². The fraction of sp³-hybridized carbons (Fsp3) is 0.300. The fourth-order valence-corrected chi connectivity index (χ4v) is 2.97. The SMILES string of the molecule is CCNC(=O)[C@H]1CN(Cc2ccc(C(=O)OC)cc2)c2ccccc2O1. The van der Waals surface area contributed by atoms with Crippen molar-refractivity contribution in [2.24, 2.45) is 0 Å². The molecule has 0 aliphatic carbocycles. The zero-order valence-corrected chi connectivity index (χ0v) is 14.9. The van der Waals surface area contributed by atoms with Gasteiger partial charge in [-0.2, -0.15) is 0 Å². The molecule has 0 aromatic heterocycles. The summed E-state index contributed by atoms with van der Waals surface area (Å²) in [4.78, 5) is 25.9. The summed E-state index contributed by atoms with van der Waals surface area (Å²) in [5.74, 6) is 0.221. The van der Waals surface area contributed by atoms with Crippen molar-refractivity contribution >= 4 is 17.6 Å². The molecule has 0 bridgehead atoms. The maximum atomic E-state index is 12.2. The number of likely N-dealkylation sites (N-methyl/N-ethyl adjacent to an activating group) is 1. The zero-order chi connectivity index (χ0) is 18.5. The van der Waals surface area contributed by atoms with Gasteiger partial charge in [0.25, 0.3) is 5.91 Å². The minimum absolute atomic E-state index is 0.118. The van der Waals surface area contributed by atoms with E-state index in [1.807, 2.05) is 43.3 Å². The number of carbonyl (C=O) groups is 2. The number of nitrogens with one attached hydrogen (secondary N) is 1. The normalized spacial score (nSPS) is 15.6. The number of hydrogen-bond donors (Lipinski definition) is 1. The van der Waals surface area contributed by atoms with Crippen LogP contribution in [0.3, 0.4) is 0 Å². The number of methoxy groups -OCH3 is 1. The highest BCUT2D eigenvalue weighted by Gasteiger charge is 2.30. The van der Waals surface area contributed by atoms with Gasteiger partial charge in [-0.1, -0.05) is 24.3 Å². The van der Waals surface area contributed by atoms with Crippen molar-refractivity contribution in [2.75, 3.05) is 25.1 Å². The number of hydrogen-bond acceptors (Lipinski definition) is 5. The zero-order valence-electron chi connectivity index (χ0n) is 14.9. The Bertz CT molecular complexity index is 789. The lowest BCUT2D eigenvalue weighted by molar-refractivity contribution is -0.127. The maximum absolute atomic E-state index is 12.2. The van der Waals surface area contributed by atoms with E-state index >= 15 is 0 Å². The van der Waals surface area contributed by atoms with Gasteiger partial charge >= 0.3 is 5.97 Å². The van der Waals surface area contributed by atoms with Crippen LogP contribution in [0.4, 0.5) is 5.69 Å². The van der Waals surface area contributed by atoms with E-state index in [0.29, 0.717) is 30.9 Å². The van der Waals surface area contributed by atoms with E-state index in [0.717, 1.165) is 11.3 Å². The highest BCUT2D eigenvalue weighted by Crippen LogP contribution is 2.34. The lowest BCUT2D eigenvalue weighted by atomic mass is 10.1. The van der Waals surface area contributed by atoms with Crippen molar-refractivity contribution < 1.29 is 19.1 Å². The number of nitrogens with zero attached hydrogens (tertiary/aromatic N) is 1. The molecule has 0 unspecified atom stereocenters. The van der Waals surface area contributed by atoms with Crippen LogP contribution in [0.1, 0.15) is 22.8 Å². The van der Waals surface area contributed by atoms with Crippen LogP contribution in [0.2, 0.25) is 0 Å². The molecule has 0 spiro atoms. The number of esters is 1. The summed E-state index contributed by atoms with van der Waals surface area (Å²) in [5.41, 5.74) is 2.49. The van der Waals surface area contributed by atoms with Gasteiger partial charge < -0.3 is 19.7 Å². The predicted molar refractivity (Wildman–Crippen MR) is 98.4 cm³/mol. The molecule has 1 aliphatic heterocycles. The Hall–Kier alpha value is -3.02. The summed E-state index contributed by atoms with van der Waals surface area (Å²) in [6.07, 6.45) is -0.556. The molecule has 0 radical (unpaired) electrons. The van der Waals surface area contributed by atoms with E-state index in [2.05, 4.69) is 10.2 Å². The van der Waals surface area contributed by atoms with Crippen LogP contribution < -0.4 is 15.0 Å². The molecule has 1 amide bonds. The molecule has 3 rings (SSSR count). The Balaban J connectivity index is 1.81. The summed E-state index contributed by atoms with van der Waals surface area (Å²) >= 11 is 0. The predicted octanol–water partition coefficient (Wildman–Crippen LogP) is 2.38. The van der Waals surface area contributed by atoms with Crippen LogP contribution >= 0.6 is 0 Å². The van der Waals surface area contributed by atoms with Gasteiger partial charge in [0.05, 0.1) is 24.9 Å². The number of amides is 1. The topological polar surface area (TPSA) is 67.9 Å². The minimum atomic E-state index is -0.556. The molecule has 0 saturated heterocycles. The number of rotatable bonds is 5. The third-order valence-electron chi connectivity index (χ3n) is 4.25. The van der Waals surface area contributed by atoms with Crippen LogP contribution in [-0.2, 0) is 16.1 Å². The molecular weight excluding hydrogens is 332 g/mol. The second kappa shape index (κ2) is 7.91. The first-order valence-electron chi connectivity index (χ1n) is 8.58. The van der Waals surface area contributed by atoms with Crippen molar-refractivity contribution in [1.29, 1.82) is 0 Å². The quantitative estimate of drug-likeness (QED) is 0.835. The van der Waals surface area contributed by atoms with Crippen molar-refractivity contribution in [1.82, 2.24) is 5.32 Å². The highest BCUT2D eigenvalue weighted by atomic mass is 16.5. The van der Waals surface area contributed by atoms with Gasteiger partial charge in [-0.3, -0.25) is 4.79 Å². The van der Waals surface area contributed by atoms with E-state index < -0.39 is 6.10 Å². The Kier molecular flexibility index (Phi) is 5.41. The maximum Gasteiger partial charge on any atom is 0.337 e. The van der Waals surface area contributed by atoms with Gasteiger partial charge in [-0.15, -0.1) is 0 Å². The molecule has 1 aliphatic rings. The molecule has 1 heterocycles. The third kappa shape index (κ3) is 3.79. The lowest BCUT2D eigenvalue weighted by Gasteiger charge is -2.35. The Labute approximate surface area is 152 Å². The molecule has 136 valence electrons. The van der Waals surface area contributed by atoms with E-state index in [-0.39, 0.29) is 11.9 Å². The van der Waals surface area contributed by atoms with Gasteiger partial charge in [0.15, 0.2) is 6.10 Å². The average Bonchev–Trinajstić information content (AvgIpc) is 2.68. The van der Waals surface area contributed by atoms with E-state index in [9.17, 15) is 9.59 Å². The minimum Gasteiger partial charge on any atom is -0.477 e. The highest BCUT2D eigenvalue weighted by molar-refractivity contribution is 5.89. The molecule has 6 nitrogen and oxygen atoms in total. The van der Waals surface area contributed by atoms with Gasteiger partial charge in [0.1, 0.15) is 5.75 Å². The fourth-order valence-electron chi connectivity index (χ4n) is 2.97. The number of para-hydroxylation sites is 2. The Morgan fingerprint density at radius 1 is 1.19 bits per heavy atom. The van der Waals surface area contributed by atoms with Gasteiger partial charge in [-0.05, 0) is 36.8 Å². The average molecular weight is 354 g/mol. The molecule has 0 fully saturated rings. The Morgan fingerprint density at radius 3 is 2.62 bits per heavy atom. The van der Waals surface area contributed by atoms with Crippen molar-refractivity contribution in [3.63, 3.8) is 0 Å². The largest absolute Gasteiger partial charge is 0.477 e. The first kappa shape index (κ1) is 17.8. The molecule has 2 aromatic rings. The van der Waals surface area contributed by atoms with Gasteiger partial charge in [0.2, 0.25) is 0 Å². The van der Waals surface area contributed by atoms with Crippen LogP contribution in [0.25, 0.3) is 0 Å². The second-order valence-electron chi connectivity index (χ2n) is 6.04. The lowest BCUT2D eigenvalue weighted by Crippen LogP contribution is -2.48. The third-order valence-corrected chi connectivity index (χ3v) is 4.25. The first-order valence-corrected chi connectivity index (χ1v) is 8.58. The molecule has 26 heavy (non-hydrogen) atoms. The first-order chi connectivity index (χ1) is 12.6. The monoisotopic (exact) mass is 354 g/mol. The van der Waals surface area contributed by atoms with Gasteiger partial charge in [0, 0.05) is 13.1 Å². The van der Waals surface area contributed by atoms with Crippen LogP contribution in [0, 0.1) is 0 Å². The van der Waals surface area contributed by atoms with Crippen LogP contribution in [0.5, 0.6) is 5.75 Å². The molecular formula is C20H22N2O4. The number of ether oxygens (including phenoxy) is 2. The van der Waals surface area contributed by atoms with Crippen molar-refractivity contribution in [2.45, 2.75) is 19.6 Å². The number of carbonyl (C=O) groups excluding carboxylic acids is 2. The van der Waals surface area contributed by atoms with Gasteiger partial charge in [-0.25, -0.2) is 4.79 Å². The molecule has 1 atom stereocenters. The smallest absolute Gasteiger partial charge is 0.337 e. The van der Waals surface area contributed by atoms with Crippen molar-refractivity contribution in [3.8, 4) is 5.75 Å². The summed E-state index contributed by atoms with van der Waals surface area (Å²) in [6.45, 7) is 3.52. The summed E-state index contributed by atoms with van der Waals surface area (Å²) in [5, 5.41) is 2.81. The van der Waals surface area contributed by atoms with Crippen LogP contribution in [0.15, 0.2) is 48.5 Å².